The van der Waals surface area contributed by atoms with Crippen molar-refractivity contribution < 1.29 is 4.42 Å². The van der Waals surface area contributed by atoms with Crippen molar-refractivity contribution in [3.05, 3.63) is 54.2 Å². The van der Waals surface area contributed by atoms with E-state index in [1.54, 1.807) is 6.20 Å². The first-order valence-corrected chi connectivity index (χ1v) is 5.59. The zero-order chi connectivity index (χ0) is 10.8. The van der Waals surface area contributed by atoms with Gasteiger partial charge in [-0.3, -0.25) is 0 Å². The molecule has 2 unspecified atom stereocenters. The SMILES string of the molecule is c1ccc(C2CC2NCc2cnco2)cc1. The predicted molar refractivity (Wildman–Crippen MR) is 60.9 cm³/mol. The van der Waals surface area contributed by atoms with Crippen LogP contribution >= 0.6 is 0 Å². The molecule has 1 N–H and O–H groups in total. The molecule has 0 amide bonds. The van der Waals surface area contributed by atoms with Crippen LogP contribution in [0.5, 0.6) is 0 Å². The molecule has 16 heavy (non-hydrogen) atoms. The van der Waals surface area contributed by atoms with E-state index < -0.39 is 0 Å². The van der Waals surface area contributed by atoms with Gasteiger partial charge in [0.1, 0.15) is 5.76 Å². The van der Waals surface area contributed by atoms with Gasteiger partial charge in [0.15, 0.2) is 6.39 Å². The quantitative estimate of drug-likeness (QED) is 0.848. The lowest BCUT2D eigenvalue weighted by Crippen LogP contribution is -2.16. The summed E-state index contributed by atoms with van der Waals surface area (Å²) in [6.45, 7) is 0.772. The maximum Gasteiger partial charge on any atom is 0.180 e. The molecule has 0 aliphatic heterocycles. The maximum atomic E-state index is 5.18. The summed E-state index contributed by atoms with van der Waals surface area (Å²) in [5.74, 6) is 1.57. The van der Waals surface area contributed by atoms with Crippen LogP contribution < -0.4 is 5.32 Å². The maximum absolute atomic E-state index is 5.18. The van der Waals surface area contributed by atoms with Crippen LogP contribution in [0.15, 0.2) is 47.3 Å². The number of nitrogens with one attached hydrogen (secondary N) is 1. The second kappa shape index (κ2) is 4.10. The lowest BCUT2D eigenvalue weighted by Gasteiger charge is -2.01. The van der Waals surface area contributed by atoms with Crippen molar-refractivity contribution >= 4 is 0 Å². The molecule has 2 aromatic rings. The summed E-state index contributed by atoms with van der Waals surface area (Å²) in [6.07, 6.45) is 4.45. The number of hydrogen-bond donors (Lipinski definition) is 1. The molecule has 0 bridgehead atoms. The predicted octanol–water partition coefficient (Wildman–Crippen LogP) is 2.32. The summed E-state index contributed by atoms with van der Waals surface area (Å²) in [5, 5.41) is 3.47. The summed E-state index contributed by atoms with van der Waals surface area (Å²) >= 11 is 0. The van der Waals surface area contributed by atoms with Crippen LogP contribution in [0.3, 0.4) is 0 Å². The molecule has 1 fully saturated rings. The number of nitrogens with zero attached hydrogens (tertiary/aromatic N) is 1. The van der Waals surface area contributed by atoms with Gasteiger partial charge in [-0.15, -0.1) is 0 Å². The highest BCUT2D eigenvalue weighted by molar-refractivity contribution is 5.27. The zero-order valence-electron chi connectivity index (χ0n) is 8.97. The molecule has 1 saturated carbocycles. The van der Waals surface area contributed by atoms with E-state index in [4.69, 9.17) is 4.42 Å². The van der Waals surface area contributed by atoms with Gasteiger partial charge in [0.05, 0.1) is 12.7 Å². The summed E-state index contributed by atoms with van der Waals surface area (Å²) in [7, 11) is 0. The highest BCUT2D eigenvalue weighted by Gasteiger charge is 2.37. The molecular formula is C13H14N2O. The van der Waals surface area contributed by atoms with Crippen molar-refractivity contribution in [3.8, 4) is 0 Å². The normalized spacial score (nSPS) is 23.2. The van der Waals surface area contributed by atoms with Crippen LogP contribution in [-0.4, -0.2) is 11.0 Å². The average molecular weight is 214 g/mol. The fourth-order valence-corrected chi connectivity index (χ4v) is 2.05. The van der Waals surface area contributed by atoms with E-state index in [2.05, 4.69) is 40.6 Å². The Kier molecular flexibility index (Phi) is 2.46. The van der Waals surface area contributed by atoms with Gasteiger partial charge in [0.2, 0.25) is 0 Å². The van der Waals surface area contributed by atoms with Crippen LogP contribution in [0.2, 0.25) is 0 Å². The summed E-state index contributed by atoms with van der Waals surface area (Å²) in [6, 6.07) is 11.2. The van der Waals surface area contributed by atoms with Gasteiger partial charge in [-0.25, -0.2) is 4.98 Å². The summed E-state index contributed by atoms with van der Waals surface area (Å²) in [4.78, 5) is 3.89. The second-order valence-corrected chi connectivity index (χ2v) is 4.21. The first-order chi connectivity index (χ1) is 7.93. The van der Waals surface area contributed by atoms with Crippen LogP contribution in [0.25, 0.3) is 0 Å². The molecule has 1 aliphatic rings. The molecule has 1 heterocycles. The van der Waals surface area contributed by atoms with Crippen molar-refractivity contribution in [2.24, 2.45) is 0 Å². The monoisotopic (exact) mass is 214 g/mol. The molecular weight excluding hydrogens is 200 g/mol. The lowest BCUT2D eigenvalue weighted by atomic mass is 10.1. The van der Waals surface area contributed by atoms with Crippen molar-refractivity contribution in [3.63, 3.8) is 0 Å². The van der Waals surface area contributed by atoms with Crippen LogP contribution in [-0.2, 0) is 6.54 Å². The molecule has 0 saturated heterocycles. The molecule has 0 spiro atoms. The molecule has 82 valence electrons. The molecule has 3 nitrogen and oxygen atoms in total. The summed E-state index contributed by atoms with van der Waals surface area (Å²) in [5.41, 5.74) is 1.43. The first-order valence-electron chi connectivity index (χ1n) is 5.59. The van der Waals surface area contributed by atoms with Gasteiger partial charge in [-0.2, -0.15) is 0 Å². The number of aromatic nitrogens is 1. The number of rotatable bonds is 4. The van der Waals surface area contributed by atoms with Crippen LogP contribution in [0.1, 0.15) is 23.7 Å². The topological polar surface area (TPSA) is 38.1 Å². The minimum absolute atomic E-state index is 0.590. The Bertz CT molecular complexity index is 438. The lowest BCUT2D eigenvalue weighted by molar-refractivity contribution is 0.477. The number of oxazole rings is 1. The molecule has 3 rings (SSSR count). The van der Waals surface area contributed by atoms with Crippen molar-refractivity contribution in [1.82, 2.24) is 10.3 Å². The van der Waals surface area contributed by atoms with Crippen LogP contribution in [0, 0.1) is 0 Å². The van der Waals surface area contributed by atoms with E-state index in [0.29, 0.717) is 12.0 Å². The standard InChI is InChI=1S/C13H14N2O/c1-2-4-10(5-3-1)12-6-13(12)15-8-11-7-14-9-16-11/h1-5,7,9,12-13,15H,6,8H2. The van der Waals surface area contributed by atoms with E-state index in [9.17, 15) is 0 Å². The Labute approximate surface area is 94.5 Å². The van der Waals surface area contributed by atoms with E-state index in [-0.39, 0.29) is 0 Å². The smallest absolute Gasteiger partial charge is 0.180 e. The third-order valence-electron chi connectivity index (χ3n) is 3.04. The van der Waals surface area contributed by atoms with E-state index in [0.717, 1.165) is 12.3 Å². The van der Waals surface area contributed by atoms with Gasteiger partial charge >= 0.3 is 0 Å². The average Bonchev–Trinajstić information content (AvgIpc) is 2.93. The zero-order valence-corrected chi connectivity index (χ0v) is 8.97. The molecule has 1 aliphatic carbocycles. The summed E-state index contributed by atoms with van der Waals surface area (Å²) < 4.78 is 5.18. The fraction of sp³-hybridized carbons (Fsp3) is 0.308. The van der Waals surface area contributed by atoms with Crippen molar-refractivity contribution in [1.29, 1.82) is 0 Å². The molecule has 1 aromatic carbocycles. The van der Waals surface area contributed by atoms with Crippen molar-refractivity contribution in [2.45, 2.75) is 24.9 Å². The Morgan fingerprint density at radius 2 is 2.19 bits per heavy atom. The number of hydrogen-bond acceptors (Lipinski definition) is 3. The fourth-order valence-electron chi connectivity index (χ4n) is 2.05. The van der Waals surface area contributed by atoms with Crippen LogP contribution in [0.4, 0.5) is 0 Å². The largest absolute Gasteiger partial charge is 0.447 e. The van der Waals surface area contributed by atoms with E-state index in [1.165, 1.54) is 18.4 Å². The third kappa shape index (κ3) is 1.99. The van der Waals surface area contributed by atoms with Gasteiger partial charge in [0, 0.05) is 12.0 Å². The highest BCUT2D eigenvalue weighted by Crippen LogP contribution is 2.40. The van der Waals surface area contributed by atoms with Crippen molar-refractivity contribution in [2.75, 3.05) is 0 Å². The van der Waals surface area contributed by atoms with E-state index >= 15 is 0 Å². The van der Waals surface area contributed by atoms with Gasteiger partial charge in [0.25, 0.3) is 0 Å². The Morgan fingerprint density at radius 1 is 1.31 bits per heavy atom. The molecule has 0 radical (unpaired) electrons. The first kappa shape index (κ1) is 9.60. The third-order valence-corrected chi connectivity index (χ3v) is 3.04. The minimum atomic E-state index is 0.590. The van der Waals surface area contributed by atoms with Gasteiger partial charge in [-0.05, 0) is 12.0 Å². The number of benzene rings is 1. The Balaban J connectivity index is 1.53. The second-order valence-electron chi connectivity index (χ2n) is 4.21. The molecule has 1 aromatic heterocycles. The molecule has 2 atom stereocenters. The minimum Gasteiger partial charge on any atom is -0.447 e. The molecule has 3 heteroatoms. The van der Waals surface area contributed by atoms with E-state index in [1.807, 2.05) is 0 Å². The highest BCUT2D eigenvalue weighted by atomic mass is 16.3. The van der Waals surface area contributed by atoms with Gasteiger partial charge in [-0.1, -0.05) is 30.3 Å². The van der Waals surface area contributed by atoms with Gasteiger partial charge < -0.3 is 9.73 Å². The Hall–Kier alpha value is -1.61. The Morgan fingerprint density at radius 3 is 2.94 bits per heavy atom.